The Morgan fingerprint density at radius 2 is 1.44 bits per heavy atom. The van der Waals surface area contributed by atoms with Crippen LogP contribution in [-0.4, -0.2) is 41.8 Å². The van der Waals surface area contributed by atoms with Crippen LogP contribution in [0.2, 0.25) is 0 Å². The SMILES string of the molecule is COc1cc([C@H]2Oc3cc(OC)c4c(c3[C@H]2Cc2c(O)cc(OC)c3c2ccc2cc(O)ccc23)CCc2cc(O)ccc2-4)ccc1O. The molecule has 2 atom stereocenters. The molecule has 6 aromatic rings. The Hall–Kier alpha value is -5.76. The standard InChI is InChI=1S/C40H34O8/c1-45-33-16-22(6-13-31(33)43)40-30(17-29-27-9-4-20-14-23(41)7-11-25(20)37(27)34(46-2)18-32(29)44)39-28-10-5-21-15-24(42)8-12-26(21)38(28)35(47-3)19-36(39)48-40/h4,6-9,11-16,18-19,30,40-44H,5,10,17H2,1-3H3/t30-,40-/m1/s1. The summed E-state index contributed by atoms with van der Waals surface area (Å²) in [5.41, 5.74) is 6.74. The van der Waals surface area contributed by atoms with Crippen molar-refractivity contribution in [1.29, 1.82) is 0 Å². The van der Waals surface area contributed by atoms with E-state index in [1.807, 2.05) is 42.5 Å². The van der Waals surface area contributed by atoms with Gasteiger partial charge in [0, 0.05) is 40.1 Å². The number of methoxy groups -OCH3 is 3. The minimum absolute atomic E-state index is 0.0314. The van der Waals surface area contributed by atoms with Crippen molar-refractivity contribution in [2.45, 2.75) is 31.3 Å². The highest BCUT2D eigenvalue weighted by Gasteiger charge is 2.41. The van der Waals surface area contributed by atoms with Gasteiger partial charge in [0.15, 0.2) is 11.5 Å². The van der Waals surface area contributed by atoms with Crippen LogP contribution in [0.15, 0.2) is 78.9 Å². The summed E-state index contributed by atoms with van der Waals surface area (Å²) >= 11 is 0. The molecule has 0 amide bonds. The van der Waals surface area contributed by atoms with Crippen molar-refractivity contribution >= 4 is 21.5 Å². The molecule has 0 unspecified atom stereocenters. The first-order chi connectivity index (χ1) is 23.3. The zero-order valence-corrected chi connectivity index (χ0v) is 26.7. The second kappa shape index (κ2) is 11.2. The van der Waals surface area contributed by atoms with Gasteiger partial charge in [-0.15, -0.1) is 0 Å². The molecule has 4 N–H and O–H groups in total. The van der Waals surface area contributed by atoms with E-state index in [2.05, 4.69) is 0 Å². The molecule has 1 aliphatic carbocycles. The third-order valence-electron chi connectivity index (χ3n) is 9.94. The molecular formula is C40H34O8. The van der Waals surface area contributed by atoms with E-state index in [-0.39, 0.29) is 28.9 Å². The summed E-state index contributed by atoms with van der Waals surface area (Å²) in [5, 5.41) is 45.9. The van der Waals surface area contributed by atoms with Crippen LogP contribution in [0.5, 0.6) is 46.0 Å². The van der Waals surface area contributed by atoms with E-state index in [0.717, 1.165) is 66.9 Å². The number of aromatic hydroxyl groups is 4. The van der Waals surface area contributed by atoms with E-state index in [1.165, 1.54) is 7.11 Å². The summed E-state index contributed by atoms with van der Waals surface area (Å²) in [6.45, 7) is 0. The molecule has 0 bridgehead atoms. The first-order valence-electron chi connectivity index (χ1n) is 15.8. The molecule has 0 fully saturated rings. The van der Waals surface area contributed by atoms with E-state index in [4.69, 9.17) is 18.9 Å². The third kappa shape index (κ3) is 4.51. The molecule has 2 aliphatic rings. The van der Waals surface area contributed by atoms with Crippen LogP contribution in [-0.2, 0) is 19.3 Å². The Morgan fingerprint density at radius 1 is 0.688 bits per heavy atom. The van der Waals surface area contributed by atoms with Gasteiger partial charge in [-0.05, 0) is 100 Å². The average Bonchev–Trinajstić information content (AvgIpc) is 3.46. The lowest BCUT2D eigenvalue weighted by Gasteiger charge is -2.27. The van der Waals surface area contributed by atoms with Crippen LogP contribution in [0.1, 0.15) is 39.8 Å². The molecule has 8 rings (SSSR count). The van der Waals surface area contributed by atoms with E-state index < -0.39 is 6.10 Å². The molecule has 6 aromatic carbocycles. The largest absolute Gasteiger partial charge is 0.508 e. The quantitative estimate of drug-likeness (QED) is 0.135. The molecule has 0 aromatic heterocycles. The highest BCUT2D eigenvalue weighted by atomic mass is 16.5. The van der Waals surface area contributed by atoms with Crippen molar-refractivity contribution in [3.05, 3.63) is 107 Å². The minimum Gasteiger partial charge on any atom is -0.508 e. The summed E-state index contributed by atoms with van der Waals surface area (Å²) in [4.78, 5) is 0. The number of rotatable bonds is 6. The normalized spacial score (nSPS) is 16.2. The van der Waals surface area contributed by atoms with Gasteiger partial charge in [-0.2, -0.15) is 0 Å². The van der Waals surface area contributed by atoms with E-state index in [0.29, 0.717) is 35.8 Å². The fraction of sp³-hybridized carbons (Fsp3) is 0.200. The Kier molecular flexibility index (Phi) is 6.91. The Labute approximate surface area is 277 Å². The van der Waals surface area contributed by atoms with Crippen LogP contribution in [0.4, 0.5) is 0 Å². The molecule has 0 saturated carbocycles. The van der Waals surface area contributed by atoms with Gasteiger partial charge in [-0.1, -0.05) is 24.3 Å². The molecule has 48 heavy (non-hydrogen) atoms. The van der Waals surface area contributed by atoms with Gasteiger partial charge >= 0.3 is 0 Å². The summed E-state index contributed by atoms with van der Waals surface area (Å²) < 4.78 is 24.0. The second-order valence-electron chi connectivity index (χ2n) is 12.4. The highest BCUT2D eigenvalue weighted by molar-refractivity contribution is 6.12. The average molecular weight is 643 g/mol. The summed E-state index contributed by atoms with van der Waals surface area (Å²) in [5.74, 6) is 2.54. The van der Waals surface area contributed by atoms with Gasteiger partial charge in [0.05, 0.1) is 21.3 Å². The number of ether oxygens (including phenoxy) is 4. The van der Waals surface area contributed by atoms with Crippen LogP contribution in [0, 0.1) is 0 Å². The highest BCUT2D eigenvalue weighted by Crippen LogP contribution is 2.57. The number of phenolic OH excluding ortho intramolecular Hbond substituents is 4. The fourth-order valence-corrected chi connectivity index (χ4v) is 7.81. The van der Waals surface area contributed by atoms with Crippen molar-refractivity contribution in [3.8, 4) is 57.1 Å². The predicted octanol–water partition coefficient (Wildman–Crippen LogP) is 8.07. The van der Waals surface area contributed by atoms with Crippen LogP contribution < -0.4 is 18.9 Å². The summed E-state index contributed by atoms with van der Waals surface area (Å²) in [6, 6.07) is 23.5. The summed E-state index contributed by atoms with van der Waals surface area (Å²) in [6.07, 6.45) is 1.37. The third-order valence-corrected chi connectivity index (χ3v) is 9.94. The van der Waals surface area contributed by atoms with Crippen molar-refractivity contribution < 1.29 is 39.4 Å². The maximum atomic E-state index is 11.6. The number of phenols is 4. The van der Waals surface area contributed by atoms with Gasteiger partial charge in [0.2, 0.25) is 0 Å². The predicted molar refractivity (Wildman–Crippen MR) is 183 cm³/mol. The van der Waals surface area contributed by atoms with Gasteiger partial charge in [-0.25, -0.2) is 0 Å². The number of hydrogen-bond donors (Lipinski definition) is 4. The zero-order chi connectivity index (χ0) is 33.3. The van der Waals surface area contributed by atoms with Crippen LogP contribution >= 0.6 is 0 Å². The number of hydrogen-bond acceptors (Lipinski definition) is 8. The lowest BCUT2D eigenvalue weighted by atomic mass is 9.76. The first kappa shape index (κ1) is 29.6. The smallest absolute Gasteiger partial charge is 0.160 e. The number of benzene rings is 6. The van der Waals surface area contributed by atoms with Crippen molar-refractivity contribution in [2.24, 2.45) is 0 Å². The number of fused-ring (bicyclic) bond motifs is 8. The van der Waals surface area contributed by atoms with Crippen LogP contribution in [0.25, 0.3) is 32.7 Å². The topological polar surface area (TPSA) is 118 Å². The maximum Gasteiger partial charge on any atom is 0.160 e. The van der Waals surface area contributed by atoms with Crippen molar-refractivity contribution in [3.63, 3.8) is 0 Å². The molecule has 8 nitrogen and oxygen atoms in total. The van der Waals surface area contributed by atoms with Gasteiger partial charge < -0.3 is 39.4 Å². The first-order valence-corrected chi connectivity index (χ1v) is 15.8. The van der Waals surface area contributed by atoms with Crippen molar-refractivity contribution in [1.82, 2.24) is 0 Å². The molecule has 1 aliphatic heterocycles. The Bertz CT molecular complexity index is 2270. The van der Waals surface area contributed by atoms with Gasteiger partial charge in [0.25, 0.3) is 0 Å². The van der Waals surface area contributed by atoms with Gasteiger partial charge in [-0.3, -0.25) is 0 Å². The molecule has 0 spiro atoms. The minimum atomic E-state index is -0.485. The molecule has 242 valence electrons. The Morgan fingerprint density at radius 3 is 2.23 bits per heavy atom. The van der Waals surface area contributed by atoms with Gasteiger partial charge in [0.1, 0.15) is 40.6 Å². The lowest BCUT2D eigenvalue weighted by molar-refractivity contribution is 0.207. The lowest BCUT2D eigenvalue weighted by Crippen LogP contribution is -2.15. The van der Waals surface area contributed by atoms with Crippen molar-refractivity contribution in [2.75, 3.05) is 21.3 Å². The fourth-order valence-electron chi connectivity index (χ4n) is 7.81. The Balaban J connectivity index is 1.37. The monoisotopic (exact) mass is 642 g/mol. The molecule has 8 heteroatoms. The van der Waals surface area contributed by atoms with E-state index in [9.17, 15) is 20.4 Å². The molecular weight excluding hydrogens is 608 g/mol. The zero-order valence-electron chi connectivity index (χ0n) is 26.7. The second-order valence-corrected chi connectivity index (χ2v) is 12.4. The molecule has 1 heterocycles. The summed E-state index contributed by atoms with van der Waals surface area (Å²) in [7, 11) is 4.75. The molecule has 0 radical (unpaired) electrons. The van der Waals surface area contributed by atoms with Crippen LogP contribution in [0.3, 0.4) is 0 Å². The number of aryl methyl sites for hydroxylation is 1. The molecule has 0 saturated heterocycles. The van der Waals surface area contributed by atoms with E-state index >= 15 is 0 Å². The maximum absolute atomic E-state index is 11.6. The van der Waals surface area contributed by atoms with E-state index in [1.54, 1.807) is 50.6 Å².